The lowest BCUT2D eigenvalue weighted by Gasteiger charge is -2.06. The molecule has 0 aliphatic heterocycles. The molecule has 0 aliphatic carbocycles. The van der Waals surface area contributed by atoms with Crippen molar-refractivity contribution in [3.63, 3.8) is 0 Å². The summed E-state index contributed by atoms with van der Waals surface area (Å²) in [4.78, 5) is 23.2. The summed E-state index contributed by atoms with van der Waals surface area (Å²) in [5, 5.41) is 5.28. The van der Waals surface area contributed by atoms with E-state index in [0.29, 0.717) is 13.1 Å². The zero-order valence-corrected chi connectivity index (χ0v) is 12.9. The molecule has 116 valence electrons. The van der Waals surface area contributed by atoms with E-state index in [2.05, 4.69) is 17.6 Å². The Labute approximate surface area is 127 Å². The van der Waals surface area contributed by atoms with Crippen molar-refractivity contribution in [1.29, 1.82) is 0 Å². The highest BCUT2D eigenvalue weighted by Gasteiger charge is 2.11. The molecule has 1 rings (SSSR count). The SMILES string of the molecule is CCCCCCCCNC(=O)C(=O)NCc1ccccc1. The number of rotatable bonds is 9. The van der Waals surface area contributed by atoms with E-state index < -0.39 is 11.8 Å². The average Bonchev–Trinajstić information content (AvgIpc) is 2.52. The van der Waals surface area contributed by atoms with Crippen LogP contribution in [-0.4, -0.2) is 18.4 Å². The molecule has 0 spiro atoms. The lowest BCUT2D eigenvalue weighted by molar-refractivity contribution is -0.139. The standard InChI is InChI=1S/C17H26N2O2/c1-2-3-4-5-6-10-13-18-16(20)17(21)19-14-15-11-8-7-9-12-15/h7-9,11-12H,2-6,10,13-14H2,1H3,(H,18,20)(H,19,21). The lowest BCUT2D eigenvalue weighted by Crippen LogP contribution is -2.39. The van der Waals surface area contributed by atoms with Crippen LogP contribution in [0.3, 0.4) is 0 Å². The van der Waals surface area contributed by atoms with Crippen LogP contribution in [0.25, 0.3) is 0 Å². The molecule has 0 aliphatic rings. The normalized spacial score (nSPS) is 10.1. The van der Waals surface area contributed by atoms with E-state index in [-0.39, 0.29) is 0 Å². The number of carbonyl (C=O) groups is 2. The number of carbonyl (C=O) groups excluding carboxylic acids is 2. The number of hydrogen-bond acceptors (Lipinski definition) is 2. The molecule has 0 heterocycles. The molecule has 21 heavy (non-hydrogen) atoms. The first-order valence-corrected chi connectivity index (χ1v) is 7.84. The van der Waals surface area contributed by atoms with Gasteiger partial charge in [0, 0.05) is 13.1 Å². The van der Waals surface area contributed by atoms with Crippen molar-refractivity contribution in [3.8, 4) is 0 Å². The minimum Gasteiger partial charge on any atom is -0.348 e. The van der Waals surface area contributed by atoms with Gasteiger partial charge in [-0.05, 0) is 12.0 Å². The van der Waals surface area contributed by atoms with Gasteiger partial charge in [0.25, 0.3) is 0 Å². The summed E-state index contributed by atoms with van der Waals surface area (Å²) in [5.74, 6) is -1.11. The van der Waals surface area contributed by atoms with Crippen molar-refractivity contribution < 1.29 is 9.59 Å². The fourth-order valence-electron chi connectivity index (χ4n) is 2.05. The van der Waals surface area contributed by atoms with Crippen molar-refractivity contribution in [3.05, 3.63) is 35.9 Å². The summed E-state index contributed by atoms with van der Waals surface area (Å²) in [5.41, 5.74) is 0.981. The Morgan fingerprint density at radius 3 is 2.19 bits per heavy atom. The summed E-state index contributed by atoms with van der Waals surface area (Å²) >= 11 is 0. The number of hydrogen-bond donors (Lipinski definition) is 2. The monoisotopic (exact) mass is 290 g/mol. The van der Waals surface area contributed by atoms with Gasteiger partial charge in [-0.2, -0.15) is 0 Å². The van der Waals surface area contributed by atoms with Crippen LogP contribution in [0.2, 0.25) is 0 Å². The number of unbranched alkanes of at least 4 members (excludes halogenated alkanes) is 5. The van der Waals surface area contributed by atoms with Gasteiger partial charge >= 0.3 is 11.8 Å². The van der Waals surface area contributed by atoms with Crippen molar-refractivity contribution in [2.24, 2.45) is 0 Å². The Bertz CT molecular complexity index is 418. The molecule has 1 aromatic rings. The quantitative estimate of drug-likeness (QED) is 0.543. The predicted octanol–water partition coefficient (Wildman–Crippen LogP) is 2.78. The Balaban J connectivity index is 2.07. The Kier molecular flexibility index (Phi) is 8.93. The molecule has 0 radical (unpaired) electrons. The summed E-state index contributed by atoms with van der Waals surface area (Å²) in [6.45, 7) is 3.14. The molecule has 4 heteroatoms. The van der Waals surface area contributed by atoms with Crippen molar-refractivity contribution >= 4 is 11.8 Å². The van der Waals surface area contributed by atoms with E-state index in [4.69, 9.17) is 0 Å². The smallest absolute Gasteiger partial charge is 0.309 e. The van der Waals surface area contributed by atoms with E-state index in [1.807, 2.05) is 30.3 Å². The minimum atomic E-state index is -0.565. The molecule has 0 unspecified atom stereocenters. The van der Waals surface area contributed by atoms with E-state index >= 15 is 0 Å². The van der Waals surface area contributed by atoms with Gasteiger partial charge in [-0.3, -0.25) is 9.59 Å². The van der Waals surface area contributed by atoms with Gasteiger partial charge < -0.3 is 10.6 Å². The van der Waals surface area contributed by atoms with Crippen LogP contribution >= 0.6 is 0 Å². The van der Waals surface area contributed by atoms with Crippen molar-refractivity contribution in [1.82, 2.24) is 10.6 Å². The molecule has 0 fully saturated rings. The molecule has 1 aromatic carbocycles. The van der Waals surface area contributed by atoms with E-state index in [1.165, 1.54) is 25.7 Å². The zero-order valence-electron chi connectivity index (χ0n) is 12.9. The largest absolute Gasteiger partial charge is 0.348 e. The van der Waals surface area contributed by atoms with E-state index in [0.717, 1.165) is 18.4 Å². The van der Waals surface area contributed by atoms with Gasteiger partial charge in [-0.15, -0.1) is 0 Å². The van der Waals surface area contributed by atoms with Crippen LogP contribution in [0.4, 0.5) is 0 Å². The molecule has 4 nitrogen and oxygen atoms in total. The third-order valence-corrected chi connectivity index (χ3v) is 3.32. The van der Waals surface area contributed by atoms with Crippen LogP contribution in [0.1, 0.15) is 51.0 Å². The van der Waals surface area contributed by atoms with Crippen LogP contribution in [0, 0.1) is 0 Å². The molecule has 0 saturated heterocycles. The maximum Gasteiger partial charge on any atom is 0.309 e. The first kappa shape index (κ1) is 17.2. The third kappa shape index (κ3) is 8.12. The Morgan fingerprint density at radius 1 is 0.857 bits per heavy atom. The fourth-order valence-corrected chi connectivity index (χ4v) is 2.05. The van der Waals surface area contributed by atoms with E-state index in [1.54, 1.807) is 0 Å². The molecule has 0 atom stereocenters. The first-order valence-electron chi connectivity index (χ1n) is 7.84. The lowest BCUT2D eigenvalue weighted by atomic mass is 10.1. The predicted molar refractivity (Wildman–Crippen MR) is 84.7 cm³/mol. The number of amides is 2. The molecule has 0 saturated carbocycles. The molecule has 2 N–H and O–H groups in total. The van der Waals surface area contributed by atoms with Gasteiger partial charge in [0.15, 0.2) is 0 Å². The number of nitrogens with one attached hydrogen (secondary N) is 2. The molecule has 2 amide bonds. The summed E-state index contributed by atoms with van der Waals surface area (Å²) in [6, 6.07) is 9.54. The molecular weight excluding hydrogens is 264 g/mol. The third-order valence-electron chi connectivity index (χ3n) is 3.32. The van der Waals surface area contributed by atoms with Crippen molar-refractivity contribution in [2.45, 2.75) is 52.0 Å². The van der Waals surface area contributed by atoms with E-state index in [9.17, 15) is 9.59 Å². The highest BCUT2D eigenvalue weighted by atomic mass is 16.2. The van der Waals surface area contributed by atoms with Gasteiger partial charge in [-0.25, -0.2) is 0 Å². The Morgan fingerprint density at radius 2 is 1.48 bits per heavy atom. The van der Waals surface area contributed by atoms with Gasteiger partial charge in [-0.1, -0.05) is 69.4 Å². The maximum atomic E-state index is 11.6. The first-order chi connectivity index (χ1) is 10.2. The second-order valence-electron chi connectivity index (χ2n) is 5.19. The van der Waals surface area contributed by atoms with Gasteiger partial charge in [0.2, 0.25) is 0 Å². The molecular formula is C17H26N2O2. The zero-order chi connectivity index (χ0) is 15.3. The van der Waals surface area contributed by atoms with Gasteiger partial charge in [0.05, 0.1) is 0 Å². The summed E-state index contributed by atoms with van der Waals surface area (Å²) < 4.78 is 0. The number of benzene rings is 1. The van der Waals surface area contributed by atoms with Gasteiger partial charge in [0.1, 0.15) is 0 Å². The molecule has 0 bridgehead atoms. The average molecular weight is 290 g/mol. The second kappa shape index (κ2) is 10.9. The minimum absolute atomic E-state index is 0.379. The van der Waals surface area contributed by atoms with Crippen LogP contribution in [0.5, 0.6) is 0 Å². The summed E-state index contributed by atoms with van der Waals surface area (Å²) in [6.07, 6.45) is 6.99. The van der Waals surface area contributed by atoms with Crippen LogP contribution in [0.15, 0.2) is 30.3 Å². The van der Waals surface area contributed by atoms with Crippen molar-refractivity contribution in [2.75, 3.05) is 6.54 Å². The van der Waals surface area contributed by atoms with Crippen LogP contribution in [-0.2, 0) is 16.1 Å². The second-order valence-corrected chi connectivity index (χ2v) is 5.19. The topological polar surface area (TPSA) is 58.2 Å². The summed E-state index contributed by atoms with van der Waals surface area (Å²) in [7, 11) is 0. The fraction of sp³-hybridized carbons (Fsp3) is 0.529. The Hall–Kier alpha value is -1.84. The highest BCUT2D eigenvalue weighted by molar-refractivity contribution is 6.35. The maximum absolute atomic E-state index is 11.6. The van der Waals surface area contributed by atoms with Crippen LogP contribution < -0.4 is 10.6 Å². The molecule has 0 aromatic heterocycles. The highest BCUT2D eigenvalue weighted by Crippen LogP contribution is 2.04.